The highest BCUT2D eigenvalue weighted by Gasteiger charge is 2.48. The number of amides is 2. The van der Waals surface area contributed by atoms with Gasteiger partial charge >= 0.3 is 13.2 Å². The van der Waals surface area contributed by atoms with Crippen LogP contribution in [-0.2, 0) is 18.8 Å². The van der Waals surface area contributed by atoms with E-state index in [0.717, 1.165) is 5.46 Å². The highest BCUT2D eigenvalue weighted by atomic mass is 16.7. The van der Waals surface area contributed by atoms with Crippen molar-refractivity contribution in [2.45, 2.75) is 51.5 Å². The van der Waals surface area contributed by atoms with Gasteiger partial charge in [-0.15, -0.1) is 0 Å². The number of ether oxygens (including phenoxy) is 2. The van der Waals surface area contributed by atoms with Gasteiger partial charge < -0.3 is 24.1 Å². The first-order valence-corrected chi connectivity index (χ1v) is 9.10. The minimum Gasteiger partial charge on any atom is -0.489 e. The lowest BCUT2D eigenvalue weighted by atomic mass is 9.79. The summed E-state index contributed by atoms with van der Waals surface area (Å²) in [4.78, 5) is 25.1. The number of cyclic esters (lactones) is 1. The molecule has 27 heavy (non-hydrogen) atoms. The number of fused-ring (bicyclic) bond motifs is 3. The Bertz CT molecular complexity index is 785. The standard InChI is InChI=1S/C18H23BN2O6/c1-10-18(3,4)27-19(26-10)12-5-6-13-15(7-12)24-9-14-16(8-20-11(2)22)25-17(23)21(13)14/h5-7,10,14,16H,8-9H2,1-4H3,(H,20,22). The smallest absolute Gasteiger partial charge is 0.489 e. The molecule has 3 aliphatic heterocycles. The summed E-state index contributed by atoms with van der Waals surface area (Å²) in [6, 6.07) is 5.26. The number of nitrogens with one attached hydrogen (secondary N) is 1. The fourth-order valence-electron chi connectivity index (χ4n) is 3.51. The van der Waals surface area contributed by atoms with Crippen molar-refractivity contribution in [1.29, 1.82) is 0 Å². The van der Waals surface area contributed by atoms with Crippen LogP contribution in [0.3, 0.4) is 0 Å². The third-order valence-electron chi connectivity index (χ3n) is 5.40. The Hall–Kier alpha value is -2.26. The zero-order valence-electron chi connectivity index (χ0n) is 15.9. The number of rotatable bonds is 3. The second-order valence-corrected chi connectivity index (χ2v) is 7.67. The van der Waals surface area contributed by atoms with Crippen molar-refractivity contribution in [3.8, 4) is 5.75 Å². The number of benzene rings is 1. The number of nitrogens with zero attached hydrogens (tertiary/aromatic N) is 1. The summed E-state index contributed by atoms with van der Waals surface area (Å²) in [5.41, 5.74) is 1.12. The van der Waals surface area contributed by atoms with Crippen molar-refractivity contribution < 1.29 is 28.4 Å². The molecule has 9 heteroatoms. The van der Waals surface area contributed by atoms with Crippen LogP contribution in [0.4, 0.5) is 10.5 Å². The Morgan fingerprint density at radius 3 is 2.85 bits per heavy atom. The van der Waals surface area contributed by atoms with Crippen LogP contribution in [0.15, 0.2) is 18.2 Å². The molecule has 2 fully saturated rings. The molecule has 3 aliphatic rings. The Morgan fingerprint density at radius 2 is 2.19 bits per heavy atom. The molecule has 0 radical (unpaired) electrons. The third-order valence-corrected chi connectivity index (χ3v) is 5.40. The van der Waals surface area contributed by atoms with E-state index < -0.39 is 19.3 Å². The molecular formula is C18H23BN2O6. The van der Waals surface area contributed by atoms with E-state index in [2.05, 4.69) is 5.32 Å². The molecule has 1 aromatic carbocycles. The Morgan fingerprint density at radius 1 is 1.41 bits per heavy atom. The molecule has 0 bridgehead atoms. The average Bonchev–Trinajstić information content (AvgIpc) is 3.08. The minimum atomic E-state index is -0.473. The Labute approximate surface area is 158 Å². The first-order valence-electron chi connectivity index (χ1n) is 9.10. The zero-order chi connectivity index (χ0) is 19.3. The molecule has 0 saturated carbocycles. The van der Waals surface area contributed by atoms with E-state index in [1.807, 2.05) is 39.0 Å². The summed E-state index contributed by atoms with van der Waals surface area (Å²) in [7, 11) is -0.473. The van der Waals surface area contributed by atoms with Gasteiger partial charge in [0.1, 0.15) is 24.5 Å². The van der Waals surface area contributed by atoms with Crippen LogP contribution >= 0.6 is 0 Å². The van der Waals surface area contributed by atoms with E-state index >= 15 is 0 Å². The van der Waals surface area contributed by atoms with Crippen LogP contribution in [0.25, 0.3) is 0 Å². The maximum Gasteiger partial charge on any atom is 0.494 e. The highest BCUT2D eigenvalue weighted by Crippen LogP contribution is 2.38. The summed E-state index contributed by atoms with van der Waals surface area (Å²) in [5, 5.41) is 2.69. The van der Waals surface area contributed by atoms with Crippen LogP contribution in [0.2, 0.25) is 0 Å². The zero-order valence-corrected chi connectivity index (χ0v) is 15.9. The second kappa shape index (κ2) is 6.42. The van der Waals surface area contributed by atoms with Gasteiger partial charge in [-0.05, 0) is 38.4 Å². The maximum absolute atomic E-state index is 12.4. The SMILES string of the molecule is CC(=O)NCC1OC(=O)N2c3ccc(B4OC(C)C(C)(C)O4)cc3OCC12. The van der Waals surface area contributed by atoms with Gasteiger partial charge in [0.25, 0.3) is 0 Å². The van der Waals surface area contributed by atoms with E-state index in [0.29, 0.717) is 18.0 Å². The third kappa shape index (κ3) is 3.15. The fraction of sp³-hybridized carbons (Fsp3) is 0.556. The lowest BCUT2D eigenvalue weighted by molar-refractivity contribution is -0.119. The van der Waals surface area contributed by atoms with Gasteiger partial charge in [-0.2, -0.15) is 0 Å². The van der Waals surface area contributed by atoms with Gasteiger partial charge in [-0.1, -0.05) is 6.07 Å². The fourth-order valence-corrected chi connectivity index (χ4v) is 3.51. The maximum atomic E-state index is 12.4. The first-order chi connectivity index (χ1) is 12.8. The molecule has 3 heterocycles. The van der Waals surface area contributed by atoms with Gasteiger partial charge in [0.05, 0.1) is 23.9 Å². The minimum absolute atomic E-state index is 0.0353. The van der Waals surface area contributed by atoms with Gasteiger partial charge in [-0.25, -0.2) is 4.79 Å². The number of carbonyl (C=O) groups is 2. The molecule has 1 aromatic rings. The quantitative estimate of drug-likeness (QED) is 0.789. The largest absolute Gasteiger partial charge is 0.494 e. The van der Waals surface area contributed by atoms with E-state index in [1.54, 1.807) is 4.90 Å². The number of anilines is 1. The van der Waals surface area contributed by atoms with Crippen LogP contribution in [0, 0.1) is 0 Å². The number of hydrogen-bond acceptors (Lipinski definition) is 6. The topological polar surface area (TPSA) is 86.3 Å². The highest BCUT2D eigenvalue weighted by molar-refractivity contribution is 6.62. The lowest BCUT2D eigenvalue weighted by Gasteiger charge is -2.31. The van der Waals surface area contributed by atoms with Crippen molar-refractivity contribution >= 4 is 30.3 Å². The van der Waals surface area contributed by atoms with Crippen LogP contribution in [0.1, 0.15) is 27.7 Å². The molecule has 0 spiro atoms. The monoisotopic (exact) mass is 374 g/mol. The summed E-state index contributed by atoms with van der Waals surface area (Å²) in [6.45, 7) is 7.95. The Kier molecular flexibility index (Phi) is 4.31. The molecule has 2 saturated heterocycles. The molecule has 0 aromatic heterocycles. The molecule has 144 valence electrons. The van der Waals surface area contributed by atoms with Crippen molar-refractivity contribution in [3.05, 3.63) is 18.2 Å². The molecule has 3 unspecified atom stereocenters. The average molecular weight is 374 g/mol. The number of carbonyl (C=O) groups excluding carboxylic acids is 2. The molecular weight excluding hydrogens is 351 g/mol. The molecule has 1 N–H and O–H groups in total. The van der Waals surface area contributed by atoms with Crippen molar-refractivity contribution in [2.24, 2.45) is 0 Å². The molecule has 4 rings (SSSR count). The Balaban J connectivity index is 1.55. The summed E-state index contributed by atoms with van der Waals surface area (Å²) in [6.07, 6.45) is -0.917. The summed E-state index contributed by atoms with van der Waals surface area (Å²) in [5.74, 6) is 0.422. The van der Waals surface area contributed by atoms with E-state index in [1.165, 1.54) is 6.92 Å². The normalized spacial score (nSPS) is 28.3. The summed E-state index contributed by atoms with van der Waals surface area (Å²) >= 11 is 0. The van der Waals surface area contributed by atoms with Gasteiger partial charge in [0.15, 0.2) is 0 Å². The predicted octanol–water partition coefficient (Wildman–Crippen LogP) is 0.818. The van der Waals surface area contributed by atoms with E-state index in [9.17, 15) is 9.59 Å². The van der Waals surface area contributed by atoms with E-state index in [-0.39, 0.29) is 30.2 Å². The van der Waals surface area contributed by atoms with Crippen LogP contribution in [0.5, 0.6) is 5.75 Å². The van der Waals surface area contributed by atoms with Gasteiger partial charge in [-0.3, -0.25) is 9.69 Å². The predicted molar refractivity (Wildman–Crippen MR) is 98.3 cm³/mol. The first kappa shape index (κ1) is 18.1. The van der Waals surface area contributed by atoms with Crippen LogP contribution < -0.4 is 20.4 Å². The van der Waals surface area contributed by atoms with Gasteiger partial charge in [0.2, 0.25) is 5.91 Å². The van der Waals surface area contributed by atoms with E-state index in [4.69, 9.17) is 18.8 Å². The van der Waals surface area contributed by atoms with Gasteiger partial charge in [0, 0.05) is 6.92 Å². The second-order valence-electron chi connectivity index (χ2n) is 7.67. The lowest BCUT2D eigenvalue weighted by Crippen LogP contribution is -2.48. The number of hydrogen-bond donors (Lipinski definition) is 1. The van der Waals surface area contributed by atoms with Crippen molar-refractivity contribution in [2.75, 3.05) is 18.1 Å². The molecule has 2 amide bonds. The molecule has 8 nitrogen and oxygen atoms in total. The van der Waals surface area contributed by atoms with Crippen molar-refractivity contribution in [1.82, 2.24) is 5.32 Å². The molecule has 3 atom stereocenters. The summed E-state index contributed by atoms with van der Waals surface area (Å²) < 4.78 is 23.2. The molecule has 0 aliphatic carbocycles. The van der Waals surface area contributed by atoms with Crippen molar-refractivity contribution in [3.63, 3.8) is 0 Å². The van der Waals surface area contributed by atoms with Crippen LogP contribution in [-0.4, -0.2) is 56.1 Å².